The van der Waals surface area contributed by atoms with E-state index < -0.39 is 10.0 Å². The van der Waals surface area contributed by atoms with E-state index in [2.05, 4.69) is 10.3 Å². The average Bonchev–Trinajstić information content (AvgIpc) is 2.93. The zero-order chi connectivity index (χ0) is 17.7. The molecule has 1 N–H and O–H groups in total. The standard InChI is InChI=1S/C16H26N4O4S/c21-15(18-14-5-3-1-2-4-6-14)11-19-12-16(17-13-19)25(22,23)20-7-9-24-10-8-20/h12-14H,1-11H2,(H,18,21). The van der Waals surface area contributed by atoms with Gasteiger partial charge in [-0.15, -0.1) is 0 Å². The van der Waals surface area contributed by atoms with E-state index in [1.807, 2.05) is 0 Å². The van der Waals surface area contributed by atoms with Crippen molar-refractivity contribution in [2.75, 3.05) is 26.3 Å². The fourth-order valence-electron chi connectivity index (χ4n) is 3.34. The van der Waals surface area contributed by atoms with E-state index in [0.717, 1.165) is 25.7 Å². The summed E-state index contributed by atoms with van der Waals surface area (Å²) in [5, 5.41) is 3.04. The van der Waals surface area contributed by atoms with E-state index in [9.17, 15) is 13.2 Å². The summed E-state index contributed by atoms with van der Waals surface area (Å²) >= 11 is 0. The summed E-state index contributed by atoms with van der Waals surface area (Å²) in [6, 6.07) is 0.232. The minimum absolute atomic E-state index is 0.0170. The summed E-state index contributed by atoms with van der Waals surface area (Å²) in [5.41, 5.74) is 0. The third-order valence-corrected chi connectivity index (χ3v) is 6.51. The van der Waals surface area contributed by atoms with Crippen LogP contribution in [0.4, 0.5) is 0 Å². The molecule has 1 amide bonds. The van der Waals surface area contributed by atoms with Gasteiger partial charge in [0.05, 0.1) is 19.5 Å². The minimum atomic E-state index is -3.62. The van der Waals surface area contributed by atoms with E-state index in [1.165, 1.54) is 34.2 Å². The third-order valence-electron chi connectivity index (χ3n) is 4.73. The molecular formula is C16H26N4O4S. The van der Waals surface area contributed by atoms with Gasteiger partial charge in [0.2, 0.25) is 5.91 Å². The van der Waals surface area contributed by atoms with Gasteiger partial charge in [0.1, 0.15) is 6.54 Å². The summed E-state index contributed by atoms with van der Waals surface area (Å²) in [4.78, 5) is 16.2. The van der Waals surface area contributed by atoms with Crippen molar-refractivity contribution in [3.05, 3.63) is 12.5 Å². The second kappa shape index (κ2) is 8.29. The van der Waals surface area contributed by atoms with Crippen LogP contribution < -0.4 is 5.32 Å². The molecule has 0 radical (unpaired) electrons. The molecular weight excluding hydrogens is 344 g/mol. The van der Waals surface area contributed by atoms with Gasteiger partial charge in [-0.1, -0.05) is 25.7 Å². The SMILES string of the molecule is O=C(Cn1cnc(S(=O)(=O)N2CCOCC2)c1)NC1CCCCCC1. The molecule has 2 heterocycles. The van der Waals surface area contributed by atoms with Gasteiger partial charge in [-0.3, -0.25) is 4.79 Å². The molecule has 3 rings (SSSR count). The lowest BCUT2D eigenvalue weighted by molar-refractivity contribution is -0.122. The largest absolute Gasteiger partial charge is 0.379 e. The summed E-state index contributed by atoms with van der Waals surface area (Å²) in [6.45, 7) is 1.53. The lowest BCUT2D eigenvalue weighted by atomic mass is 10.1. The van der Waals surface area contributed by atoms with Crippen molar-refractivity contribution in [1.82, 2.24) is 19.2 Å². The summed E-state index contributed by atoms with van der Waals surface area (Å²) in [5.74, 6) is -0.0976. The Hall–Kier alpha value is -1.45. The molecule has 1 saturated heterocycles. The van der Waals surface area contributed by atoms with Gasteiger partial charge in [0.25, 0.3) is 10.0 Å². The van der Waals surface area contributed by atoms with Crippen LogP contribution in [-0.4, -0.2) is 60.5 Å². The summed E-state index contributed by atoms with van der Waals surface area (Å²) < 4.78 is 33.2. The number of amides is 1. The van der Waals surface area contributed by atoms with Crippen molar-refractivity contribution >= 4 is 15.9 Å². The molecule has 8 nitrogen and oxygen atoms in total. The van der Waals surface area contributed by atoms with E-state index in [0.29, 0.717) is 26.3 Å². The zero-order valence-electron chi connectivity index (χ0n) is 14.4. The Morgan fingerprint density at radius 1 is 1.20 bits per heavy atom. The number of ether oxygens (including phenoxy) is 1. The number of hydrogen-bond acceptors (Lipinski definition) is 5. The van der Waals surface area contributed by atoms with Crippen LogP contribution in [0.3, 0.4) is 0 Å². The highest BCUT2D eigenvalue weighted by molar-refractivity contribution is 7.89. The first-order chi connectivity index (χ1) is 12.1. The van der Waals surface area contributed by atoms with Gasteiger partial charge < -0.3 is 14.6 Å². The highest BCUT2D eigenvalue weighted by Crippen LogP contribution is 2.17. The quantitative estimate of drug-likeness (QED) is 0.772. The van der Waals surface area contributed by atoms with Crippen LogP contribution in [0.15, 0.2) is 17.6 Å². The minimum Gasteiger partial charge on any atom is -0.379 e. The number of rotatable bonds is 5. The number of aromatic nitrogens is 2. The second-order valence-corrected chi connectivity index (χ2v) is 8.54. The smallest absolute Gasteiger partial charge is 0.262 e. The number of hydrogen-bond donors (Lipinski definition) is 1. The number of imidazole rings is 1. The lowest BCUT2D eigenvalue weighted by Gasteiger charge is -2.24. The molecule has 1 aromatic rings. The van der Waals surface area contributed by atoms with E-state index >= 15 is 0 Å². The van der Waals surface area contributed by atoms with Gasteiger partial charge in [0, 0.05) is 25.3 Å². The topological polar surface area (TPSA) is 93.5 Å². The Morgan fingerprint density at radius 3 is 2.56 bits per heavy atom. The van der Waals surface area contributed by atoms with Crippen LogP contribution >= 0.6 is 0 Å². The molecule has 9 heteroatoms. The van der Waals surface area contributed by atoms with Gasteiger partial charge in [-0.25, -0.2) is 13.4 Å². The Balaban J connectivity index is 1.58. The van der Waals surface area contributed by atoms with E-state index in [4.69, 9.17) is 4.74 Å². The fourth-order valence-corrected chi connectivity index (χ4v) is 4.68. The molecule has 0 spiro atoms. The predicted molar refractivity (Wildman–Crippen MR) is 91.4 cm³/mol. The van der Waals surface area contributed by atoms with Gasteiger partial charge in [-0.2, -0.15) is 4.31 Å². The summed E-state index contributed by atoms with van der Waals surface area (Å²) in [7, 11) is -3.62. The highest BCUT2D eigenvalue weighted by atomic mass is 32.2. The van der Waals surface area contributed by atoms with Crippen molar-refractivity contribution < 1.29 is 17.9 Å². The first-order valence-corrected chi connectivity index (χ1v) is 10.4. The average molecular weight is 370 g/mol. The third kappa shape index (κ3) is 4.80. The molecule has 0 bridgehead atoms. The normalized spacial score (nSPS) is 21.0. The molecule has 0 unspecified atom stereocenters. The van der Waals surface area contributed by atoms with Crippen LogP contribution in [0.25, 0.3) is 0 Å². The Morgan fingerprint density at radius 2 is 1.88 bits per heavy atom. The van der Waals surface area contributed by atoms with Gasteiger partial charge in [-0.05, 0) is 12.8 Å². The number of nitrogens with zero attached hydrogens (tertiary/aromatic N) is 3. The maximum absolute atomic E-state index is 12.5. The van der Waals surface area contributed by atoms with Crippen LogP contribution in [0, 0.1) is 0 Å². The monoisotopic (exact) mass is 370 g/mol. The van der Waals surface area contributed by atoms with Crippen molar-refractivity contribution in [2.45, 2.75) is 56.1 Å². The fraction of sp³-hybridized carbons (Fsp3) is 0.750. The Bertz CT molecular complexity index is 674. The molecule has 140 valence electrons. The maximum atomic E-state index is 12.5. The molecule has 1 saturated carbocycles. The highest BCUT2D eigenvalue weighted by Gasteiger charge is 2.28. The molecule has 1 aliphatic carbocycles. The van der Waals surface area contributed by atoms with Gasteiger partial charge >= 0.3 is 0 Å². The molecule has 2 aliphatic rings. The van der Waals surface area contributed by atoms with Crippen LogP contribution in [0.1, 0.15) is 38.5 Å². The maximum Gasteiger partial charge on any atom is 0.262 e. The number of nitrogens with one attached hydrogen (secondary N) is 1. The first kappa shape index (κ1) is 18.3. The van der Waals surface area contributed by atoms with Crippen molar-refractivity contribution in [2.24, 2.45) is 0 Å². The van der Waals surface area contributed by atoms with Gasteiger partial charge in [0.15, 0.2) is 5.03 Å². The molecule has 0 aromatic carbocycles. The number of carbonyl (C=O) groups excluding carboxylic acids is 1. The number of carbonyl (C=O) groups is 1. The summed E-state index contributed by atoms with van der Waals surface area (Å²) in [6.07, 6.45) is 9.64. The second-order valence-electron chi connectivity index (χ2n) is 6.66. The van der Waals surface area contributed by atoms with Crippen molar-refractivity contribution in [1.29, 1.82) is 0 Å². The van der Waals surface area contributed by atoms with E-state index in [-0.39, 0.29) is 23.5 Å². The van der Waals surface area contributed by atoms with Crippen LogP contribution in [0.2, 0.25) is 0 Å². The first-order valence-electron chi connectivity index (χ1n) is 8.95. The van der Waals surface area contributed by atoms with Crippen LogP contribution in [0.5, 0.6) is 0 Å². The lowest BCUT2D eigenvalue weighted by Crippen LogP contribution is -2.40. The molecule has 0 atom stereocenters. The van der Waals surface area contributed by atoms with E-state index in [1.54, 1.807) is 0 Å². The molecule has 1 aliphatic heterocycles. The van der Waals surface area contributed by atoms with Crippen molar-refractivity contribution in [3.63, 3.8) is 0 Å². The number of sulfonamides is 1. The molecule has 1 aromatic heterocycles. The zero-order valence-corrected chi connectivity index (χ0v) is 15.2. The predicted octanol–water partition coefficient (Wildman–Crippen LogP) is 0.743. The van der Waals surface area contributed by atoms with Crippen molar-refractivity contribution in [3.8, 4) is 0 Å². The molecule has 2 fully saturated rings. The Kier molecular flexibility index (Phi) is 6.08. The molecule has 25 heavy (non-hydrogen) atoms. The number of morpholine rings is 1. The Labute approximate surface area is 148 Å². The van der Waals surface area contributed by atoms with Crippen LogP contribution in [-0.2, 0) is 26.1 Å².